The van der Waals surface area contributed by atoms with Crippen LogP contribution in [0.1, 0.15) is 31.4 Å². The Labute approximate surface area is 205 Å². The molecule has 0 fully saturated rings. The van der Waals surface area contributed by atoms with Gasteiger partial charge in [-0.05, 0) is 59.1 Å². The number of halogens is 2. The fraction of sp³-hybridized carbons (Fsp3) is 0.250. The zero-order valence-corrected chi connectivity index (χ0v) is 20.3. The minimum atomic E-state index is -0.517. The molecule has 0 unspecified atom stereocenters. The van der Waals surface area contributed by atoms with Gasteiger partial charge < -0.3 is 9.47 Å². The molecule has 2 heterocycles. The largest absolute Gasteiger partial charge is 0.493 e. The summed E-state index contributed by atoms with van der Waals surface area (Å²) in [7, 11) is 1.48. The number of carbonyl (C=O) groups is 1. The van der Waals surface area contributed by atoms with E-state index in [4.69, 9.17) is 26.5 Å². The van der Waals surface area contributed by atoms with Gasteiger partial charge >= 0.3 is 0 Å². The number of ether oxygens (including phenoxy) is 2. The van der Waals surface area contributed by atoms with Gasteiger partial charge in [0, 0.05) is 6.42 Å². The summed E-state index contributed by atoms with van der Waals surface area (Å²) < 4.78 is 24.4. The fourth-order valence-corrected chi connectivity index (χ4v) is 4.70. The Hall–Kier alpha value is -3.17. The molecular formula is C24H22ClFN4O3S. The van der Waals surface area contributed by atoms with Gasteiger partial charge in [0.05, 0.1) is 17.7 Å². The van der Waals surface area contributed by atoms with Crippen LogP contribution in [-0.2, 0) is 11.4 Å². The summed E-state index contributed by atoms with van der Waals surface area (Å²) in [5, 5.41) is 15.8. The lowest BCUT2D eigenvalue weighted by Crippen LogP contribution is -2.35. The van der Waals surface area contributed by atoms with Crippen LogP contribution in [-0.4, -0.2) is 34.1 Å². The van der Waals surface area contributed by atoms with Gasteiger partial charge in [0.1, 0.15) is 17.5 Å². The molecule has 2 aliphatic rings. The normalized spacial score (nSPS) is 16.6. The second-order valence-corrected chi connectivity index (χ2v) is 9.51. The standard InChI is InChI=1S/C24H22ClFN4O3S/c1-13(2)8-20-29-30-22(27)17(23(31)28-24(30)34-20)9-15-10-18(25)21(19(11-15)32-3)33-12-14-4-6-16(26)7-5-14/h4-7,9-11,13,27H,8,12H2,1-3H3/b17-9-,27-22?. The number of amides is 1. The van der Waals surface area contributed by atoms with E-state index >= 15 is 0 Å². The average molecular weight is 501 g/mol. The van der Waals surface area contributed by atoms with Crippen molar-refractivity contribution in [2.75, 3.05) is 7.11 Å². The minimum absolute atomic E-state index is 0.0482. The SMILES string of the molecule is COc1cc(/C=C2/C(=N)N3N=C(CC(C)C)SC3=NC2=O)cc(Cl)c1OCc1ccc(F)cc1. The van der Waals surface area contributed by atoms with E-state index in [2.05, 4.69) is 23.9 Å². The number of rotatable bonds is 7. The second kappa shape index (κ2) is 9.99. The van der Waals surface area contributed by atoms with Crippen LogP contribution >= 0.6 is 23.4 Å². The number of nitrogens with zero attached hydrogens (tertiary/aromatic N) is 3. The predicted octanol–water partition coefficient (Wildman–Crippen LogP) is 5.73. The molecule has 0 saturated carbocycles. The number of methoxy groups -OCH3 is 1. The number of hydrogen-bond acceptors (Lipinski definition) is 6. The number of aliphatic imine (C=N–C) groups is 1. The molecule has 2 aromatic carbocycles. The van der Waals surface area contributed by atoms with Crippen molar-refractivity contribution in [3.8, 4) is 11.5 Å². The Bertz CT molecular complexity index is 1240. The number of carbonyl (C=O) groups excluding carboxylic acids is 1. The van der Waals surface area contributed by atoms with Gasteiger partial charge in [-0.15, -0.1) is 0 Å². The first kappa shape index (κ1) is 24.0. The van der Waals surface area contributed by atoms with Gasteiger partial charge in [-0.2, -0.15) is 15.1 Å². The molecular weight excluding hydrogens is 479 g/mol. The van der Waals surface area contributed by atoms with Crippen LogP contribution in [0.2, 0.25) is 5.02 Å². The smallest absolute Gasteiger partial charge is 0.283 e. The second-order valence-electron chi connectivity index (χ2n) is 8.06. The van der Waals surface area contributed by atoms with Crippen molar-refractivity contribution in [3.05, 3.63) is 63.9 Å². The van der Waals surface area contributed by atoms with E-state index in [0.29, 0.717) is 28.1 Å². The van der Waals surface area contributed by atoms with Crippen LogP contribution < -0.4 is 9.47 Å². The summed E-state index contributed by atoms with van der Waals surface area (Å²) >= 11 is 7.77. The Morgan fingerprint density at radius 2 is 2.00 bits per heavy atom. The quantitative estimate of drug-likeness (QED) is 0.490. The highest BCUT2D eigenvalue weighted by Gasteiger charge is 2.35. The fourth-order valence-electron chi connectivity index (χ4n) is 3.33. The maximum absolute atomic E-state index is 13.1. The zero-order valence-electron chi connectivity index (χ0n) is 18.8. The molecule has 1 N–H and O–H groups in total. The highest BCUT2D eigenvalue weighted by atomic mass is 35.5. The van der Waals surface area contributed by atoms with Crippen molar-refractivity contribution >= 4 is 51.4 Å². The van der Waals surface area contributed by atoms with Gasteiger partial charge in [-0.3, -0.25) is 10.2 Å². The summed E-state index contributed by atoms with van der Waals surface area (Å²) in [6.45, 7) is 4.32. The van der Waals surface area contributed by atoms with Crippen molar-refractivity contribution in [3.63, 3.8) is 0 Å². The molecule has 0 saturated heterocycles. The first-order chi connectivity index (χ1) is 16.2. The molecule has 34 heavy (non-hydrogen) atoms. The predicted molar refractivity (Wildman–Crippen MR) is 133 cm³/mol. The Morgan fingerprint density at radius 1 is 1.26 bits per heavy atom. The van der Waals surface area contributed by atoms with Crippen LogP contribution in [0, 0.1) is 17.1 Å². The molecule has 0 aliphatic carbocycles. The van der Waals surface area contributed by atoms with Crippen LogP contribution in [0.3, 0.4) is 0 Å². The molecule has 10 heteroatoms. The molecule has 2 aromatic rings. The Morgan fingerprint density at radius 3 is 2.68 bits per heavy atom. The lowest BCUT2D eigenvalue weighted by Gasteiger charge is -2.20. The van der Waals surface area contributed by atoms with Gasteiger partial charge in [0.25, 0.3) is 5.91 Å². The van der Waals surface area contributed by atoms with Gasteiger partial charge in [-0.1, -0.05) is 37.6 Å². The number of hydrazone groups is 1. The number of amidine groups is 2. The average Bonchev–Trinajstić information content (AvgIpc) is 3.18. The van der Waals surface area contributed by atoms with Crippen molar-refractivity contribution in [2.45, 2.75) is 26.9 Å². The summed E-state index contributed by atoms with van der Waals surface area (Å²) in [6, 6.07) is 9.22. The molecule has 0 atom stereocenters. The van der Waals surface area contributed by atoms with Crippen molar-refractivity contribution in [1.29, 1.82) is 5.41 Å². The van der Waals surface area contributed by atoms with Crippen molar-refractivity contribution < 1.29 is 18.7 Å². The monoisotopic (exact) mass is 500 g/mol. The van der Waals surface area contributed by atoms with Crippen LogP contribution in [0.5, 0.6) is 11.5 Å². The topological polar surface area (TPSA) is 87.3 Å². The number of benzene rings is 2. The van der Waals surface area contributed by atoms with Crippen LogP contribution in [0.4, 0.5) is 4.39 Å². The van der Waals surface area contributed by atoms with E-state index < -0.39 is 5.91 Å². The molecule has 4 rings (SSSR count). The number of thioether (sulfide) groups is 1. The van der Waals surface area contributed by atoms with Crippen LogP contribution in [0.15, 0.2) is 52.1 Å². The van der Waals surface area contributed by atoms with E-state index in [1.165, 1.54) is 42.1 Å². The third-order valence-electron chi connectivity index (χ3n) is 4.94. The lowest BCUT2D eigenvalue weighted by molar-refractivity contribution is -0.114. The van der Waals surface area contributed by atoms with Crippen LogP contribution in [0.25, 0.3) is 6.08 Å². The highest BCUT2D eigenvalue weighted by molar-refractivity contribution is 8.26. The maximum Gasteiger partial charge on any atom is 0.283 e. The summed E-state index contributed by atoms with van der Waals surface area (Å²) in [5.41, 5.74) is 1.40. The Balaban J connectivity index is 1.58. The number of hydrogen-bond donors (Lipinski definition) is 1. The molecule has 7 nitrogen and oxygen atoms in total. The zero-order chi connectivity index (χ0) is 24.4. The molecule has 0 aromatic heterocycles. The van der Waals surface area contributed by atoms with Gasteiger partial charge in [-0.25, -0.2) is 4.39 Å². The lowest BCUT2D eigenvalue weighted by atomic mass is 10.1. The van der Waals surface area contributed by atoms with E-state index in [-0.39, 0.29) is 28.9 Å². The highest BCUT2D eigenvalue weighted by Crippen LogP contribution is 2.38. The summed E-state index contributed by atoms with van der Waals surface area (Å²) in [4.78, 5) is 16.8. The van der Waals surface area contributed by atoms with E-state index in [0.717, 1.165) is 17.0 Å². The van der Waals surface area contributed by atoms with E-state index in [1.807, 2.05) is 0 Å². The maximum atomic E-state index is 13.1. The molecule has 1 amide bonds. The first-order valence-electron chi connectivity index (χ1n) is 10.5. The third-order valence-corrected chi connectivity index (χ3v) is 6.15. The van der Waals surface area contributed by atoms with E-state index in [9.17, 15) is 9.18 Å². The Kier molecular flexibility index (Phi) is 7.04. The molecule has 2 aliphatic heterocycles. The summed E-state index contributed by atoms with van der Waals surface area (Å²) in [6.07, 6.45) is 2.27. The van der Waals surface area contributed by atoms with Crippen molar-refractivity contribution in [2.24, 2.45) is 16.0 Å². The number of fused-ring (bicyclic) bond motifs is 1. The van der Waals surface area contributed by atoms with Gasteiger partial charge in [0.2, 0.25) is 5.17 Å². The van der Waals surface area contributed by atoms with Crippen molar-refractivity contribution in [1.82, 2.24) is 5.01 Å². The minimum Gasteiger partial charge on any atom is -0.493 e. The molecule has 176 valence electrons. The van der Waals surface area contributed by atoms with Gasteiger partial charge in [0.15, 0.2) is 17.3 Å². The molecule has 0 spiro atoms. The third kappa shape index (κ3) is 5.15. The summed E-state index contributed by atoms with van der Waals surface area (Å²) in [5.74, 6) is 0.177. The van der Waals surface area contributed by atoms with E-state index in [1.54, 1.807) is 24.3 Å². The first-order valence-corrected chi connectivity index (χ1v) is 11.7. The molecule has 0 bridgehead atoms. The molecule has 0 radical (unpaired) electrons. The number of nitrogens with one attached hydrogen (secondary N) is 1.